The second-order valence-corrected chi connectivity index (χ2v) is 10.4. The first-order chi connectivity index (χ1) is 16.1. The Morgan fingerprint density at radius 2 is 1.88 bits per heavy atom. The summed E-state index contributed by atoms with van der Waals surface area (Å²) in [4.78, 5) is 15.4. The second-order valence-electron chi connectivity index (χ2n) is 8.45. The van der Waals surface area contributed by atoms with Crippen LogP contribution in [0.2, 0.25) is 0 Å². The monoisotopic (exact) mass is 484 g/mol. The minimum atomic E-state index is -3.80. The zero-order chi connectivity index (χ0) is 24.5. The number of carbonyl (C=O) groups excluding carboxylic acids is 1. The van der Waals surface area contributed by atoms with Gasteiger partial charge < -0.3 is 16.2 Å². The Morgan fingerprint density at radius 3 is 2.47 bits per heavy atom. The molecular weight excluding hydrogens is 459 g/mol. The summed E-state index contributed by atoms with van der Waals surface area (Å²) in [6, 6.07) is 15.3. The Hall–Kier alpha value is -3.34. The van der Waals surface area contributed by atoms with Crippen molar-refractivity contribution in [1.82, 2.24) is 9.29 Å². The van der Waals surface area contributed by atoms with E-state index in [4.69, 9.17) is 16.2 Å². The van der Waals surface area contributed by atoms with E-state index >= 15 is 0 Å². The molecular formula is C24H25FN4O4S. The van der Waals surface area contributed by atoms with Crippen molar-refractivity contribution in [3.63, 3.8) is 0 Å². The zero-order valence-electron chi connectivity index (χ0n) is 18.5. The van der Waals surface area contributed by atoms with Crippen LogP contribution in [0.4, 0.5) is 4.39 Å². The maximum Gasteiger partial charge on any atom is 0.267 e. The van der Waals surface area contributed by atoms with Crippen LogP contribution in [0.1, 0.15) is 28.5 Å². The van der Waals surface area contributed by atoms with E-state index in [0.717, 1.165) is 5.56 Å². The van der Waals surface area contributed by atoms with E-state index < -0.39 is 27.3 Å². The molecule has 4 rings (SSSR count). The van der Waals surface area contributed by atoms with E-state index in [0.29, 0.717) is 17.7 Å². The van der Waals surface area contributed by atoms with Crippen molar-refractivity contribution < 1.29 is 22.3 Å². The van der Waals surface area contributed by atoms with Gasteiger partial charge in [-0.3, -0.25) is 4.79 Å². The summed E-state index contributed by atoms with van der Waals surface area (Å²) in [6.07, 6.45) is 1.90. The zero-order valence-corrected chi connectivity index (χ0v) is 19.3. The molecule has 8 nitrogen and oxygen atoms in total. The van der Waals surface area contributed by atoms with Gasteiger partial charge in [-0.15, -0.1) is 0 Å². The van der Waals surface area contributed by atoms with Gasteiger partial charge in [0.05, 0.1) is 24.2 Å². The van der Waals surface area contributed by atoms with Crippen molar-refractivity contribution in [3.05, 3.63) is 89.5 Å². The van der Waals surface area contributed by atoms with Crippen LogP contribution in [0.15, 0.2) is 71.8 Å². The highest BCUT2D eigenvalue weighted by Crippen LogP contribution is 2.40. The third-order valence-electron chi connectivity index (χ3n) is 5.63. The number of sulfonamides is 1. The minimum Gasteiger partial charge on any atom is -0.478 e. The van der Waals surface area contributed by atoms with Gasteiger partial charge >= 0.3 is 0 Å². The molecule has 4 N–H and O–H groups in total. The van der Waals surface area contributed by atoms with Crippen LogP contribution in [-0.4, -0.2) is 42.7 Å². The number of nitrogens with two attached hydrogens (primary N) is 2. The van der Waals surface area contributed by atoms with Gasteiger partial charge in [0.15, 0.2) is 5.60 Å². The smallest absolute Gasteiger partial charge is 0.267 e. The first-order valence-electron chi connectivity index (χ1n) is 10.6. The molecule has 2 heterocycles. The van der Waals surface area contributed by atoms with Gasteiger partial charge in [-0.25, -0.2) is 17.8 Å². The van der Waals surface area contributed by atoms with E-state index in [1.807, 2.05) is 13.0 Å². The van der Waals surface area contributed by atoms with Crippen molar-refractivity contribution in [1.29, 1.82) is 0 Å². The molecule has 178 valence electrons. The lowest BCUT2D eigenvalue weighted by Gasteiger charge is -2.48. The Morgan fingerprint density at radius 1 is 1.18 bits per heavy atom. The highest BCUT2D eigenvalue weighted by molar-refractivity contribution is 7.89. The number of aromatic nitrogens is 1. The highest BCUT2D eigenvalue weighted by Gasteiger charge is 2.52. The first kappa shape index (κ1) is 23.8. The number of benzene rings is 2. The Balaban J connectivity index is 1.61. The standard InChI is InChI=1S/C24H25FN4O4S/c1-16(26)11-17-3-2-4-21(12-17)34(31,32)29-14-24(15-29,18-5-7-19(25)8-6-18)33-20-9-10-22(23(27)30)28-13-20/h2-10,12-13,16H,11,14-15,26H2,1H3,(H2,27,30)/t16-/m0/s1. The third-order valence-corrected chi connectivity index (χ3v) is 7.42. The lowest BCUT2D eigenvalue weighted by molar-refractivity contribution is -0.0415. The molecule has 1 aliphatic heterocycles. The average molecular weight is 485 g/mol. The summed E-state index contributed by atoms with van der Waals surface area (Å²) in [6.45, 7) is 1.88. The molecule has 0 spiro atoms. The van der Waals surface area contributed by atoms with E-state index in [1.54, 1.807) is 30.3 Å². The number of pyridine rings is 1. The van der Waals surface area contributed by atoms with E-state index in [9.17, 15) is 17.6 Å². The molecule has 1 atom stereocenters. The van der Waals surface area contributed by atoms with Gasteiger partial charge in [-0.05, 0) is 60.9 Å². The number of ether oxygens (including phenoxy) is 1. The van der Waals surface area contributed by atoms with Crippen molar-refractivity contribution in [2.45, 2.75) is 29.9 Å². The topological polar surface area (TPSA) is 129 Å². The predicted octanol–water partition coefficient (Wildman–Crippen LogP) is 2.19. The normalized spacial score (nSPS) is 16.4. The number of rotatable bonds is 8. The van der Waals surface area contributed by atoms with Crippen LogP contribution in [-0.2, 0) is 22.0 Å². The summed E-state index contributed by atoms with van der Waals surface area (Å²) in [7, 11) is -3.80. The molecule has 34 heavy (non-hydrogen) atoms. The largest absolute Gasteiger partial charge is 0.478 e. The molecule has 3 aromatic rings. The van der Waals surface area contributed by atoms with Gasteiger partial charge in [-0.1, -0.05) is 24.3 Å². The molecule has 0 aliphatic carbocycles. The lowest BCUT2D eigenvalue weighted by atomic mass is 9.87. The van der Waals surface area contributed by atoms with Gasteiger partial charge in [0.2, 0.25) is 10.0 Å². The molecule has 2 aromatic carbocycles. The fraction of sp³-hybridized carbons (Fsp3) is 0.250. The minimum absolute atomic E-state index is 0.00998. The van der Waals surface area contributed by atoms with Crippen LogP contribution in [0.25, 0.3) is 0 Å². The van der Waals surface area contributed by atoms with Crippen LogP contribution < -0.4 is 16.2 Å². The fourth-order valence-corrected chi connectivity index (χ4v) is 5.52. The highest BCUT2D eigenvalue weighted by atomic mass is 32.2. The van der Waals surface area contributed by atoms with Gasteiger partial charge in [-0.2, -0.15) is 4.31 Å². The maximum absolute atomic E-state index is 13.5. The maximum atomic E-state index is 13.5. The van der Waals surface area contributed by atoms with Crippen molar-refractivity contribution >= 4 is 15.9 Å². The summed E-state index contributed by atoms with van der Waals surface area (Å²) in [5.74, 6) is -0.765. The van der Waals surface area contributed by atoms with Gasteiger partial charge in [0.25, 0.3) is 5.91 Å². The first-order valence-corrected chi connectivity index (χ1v) is 12.1. The molecule has 0 radical (unpaired) electrons. The molecule has 0 bridgehead atoms. The van der Waals surface area contributed by atoms with Gasteiger partial charge in [0, 0.05) is 6.04 Å². The summed E-state index contributed by atoms with van der Waals surface area (Å²) in [5.41, 5.74) is 11.6. The number of carbonyl (C=O) groups is 1. The summed E-state index contributed by atoms with van der Waals surface area (Å²) in [5, 5.41) is 0. The van der Waals surface area contributed by atoms with Gasteiger partial charge in [0.1, 0.15) is 17.3 Å². The predicted molar refractivity (Wildman–Crippen MR) is 124 cm³/mol. The summed E-state index contributed by atoms with van der Waals surface area (Å²) >= 11 is 0. The quantitative estimate of drug-likeness (QED) is 0.504. The van der Waals surface area contributed by atoms with Crippen LogP contribution >= 0.6 is 0 Å². The van der Waals surface area contributed by atoms with E-state index in [2.05, 4.69) is 4.98 Å². The fourth-order valence-electron chi connectivity index (χ4n) is 3.92. The number of hydrogen-bond acceptors (Lipinski definition) is 6. The number of halogens is 1. The lowest BCUT2D eigenvalue weighted by Crippen LogP contribution is -2.64. The number of primary amides is 1. The second kappa shape index (κ2) is 9.13. The number of amides is 1. The van der Waals surface area contributed by atoms with Crippen molar-refractivity contribution in [3.8, 4) is 5.75 Å². The molecule has 0 unspecified atom stereocenters. The molecule has 1 aliphatic rings. The number of hydrogen-bond donors (Lipinski definition) is 2. The third kappa shape index (κ3) is 4.79. The molecule has 1 fully saturated rings. The van der Waals surface area contributed by atoms with E-state index in [-0.39, 0.29) is 29.7 Å². The molecule has 1 saturated heterocycles. The van der Waals surface area contributed by atoms with E-state index in [1.165, 1.54) is 34.8 Å². The van der Waals surface area contributed by atoms with Crippen LogP contribution in [0.3, 0.4) is 0 Å². The molecule has 0 saturated carbocycles. The van der Waals surface area contributed by atoms with Crippen LogP contribution in [0.5, 0.6) is 5.75 Å². The number of nitrogens with zero attached hydrogens (tertiary/aromatic N) is 2. The van der Waals surface area contributed by atoms with Crippen molar-refractivity contribution in [2.24, 2.45) is 11.5 Å². The molecule has 10 heteroatoms. The molecule has 1 amide bonds. The molecule has 1 aromatic heterocycles. The Bertz CT molecular complexity index is 1290. The summed E-state index contributed by atoms with van der Waals surface area (Å²) < 4.78 is 47.7. The van der Waals surface area contributed by atoms with Crippen LogP contribution in [0, 0.1) is 5.82 Å². The SMILES string of the molecule is C[C@H](N)Cc1cccc(S(=O)(=O)N2CC(Oc3ccc(C(N)=O)nc3)(c3ccc(F)cc3)C2)c1. The average Bonchev–Trinajstić information content (AvgIpc) is 2.76. The Labute approximate surface area is 197 Å². The van der Waals surface area contributed by atoms with Crippen molar-refractivity contribution in [2.75, 3.05) is 13.1 Å². The Kier molecular flexibility index (Phi) is 6.39.